The molecule has 0 saturated heterocycles. The summed E-state index contributed by atoms with van der Waals surface area (Å²) in [5, 5.41) is 6.91. The van der Waals surface area contributed by atoms with Crippen LogP contribution < -0.4 is 43.0 Å². The van der Waals surface area contributed by atoms with Crippen molar-refractivity contribution < 1.29 is 61.9 Å². The highest BCUT2D eigenvalue weighted by atomic mass is 31.2. The number of amides is 5. The second-order valence-corrected chi connectivity index (χ2v) is 14.3. The Kier molecular flexibility index (Phi) is 14.1. The van der Waals surface area contributed by atoms with E-state index in [0.717, 1.165) is 12.1 Å². The summed E-state index contributed by atoms with van der Waals surface area (Å²) in [6.45, 7) is 1.24. The Morgan fingerprint density at radius 1 is 0.788 bits per heavy atom. The molecule has 19 nitrogen and oxygen atoms in total. The average Bonchev–Trinajstić information content (AvgIpc) is 3.04. The number of rotatable bonds is 17. The van der Waals surface area contributed by atoms with Gasteiger partial charge >= 0.3 is 21.5 Å². The van der Waals surface area contributed by atoms with Gasteiger partial charge < -0.3 is 52.2 Å². The summed E-state index contributed by atoms with van der Waals surface area (Å²) in [7, 11) is -9.50. The van der Waals surface area contributed by atoms with E-state index in [4.69, 9.17) is 31.7 Å². The van der Waals surface area contributed by atoms with E-state index in [1.807, 2.05) is 0 Å². The maximum atomic E-state index is 13.9. The van der Waals surface area contributed by atoms with E-state index in [1.165, 1.54) is 43.3 Å². The molecule has 0 fully saturated rings. The third-order valence-electron chi connectivity index (χ3n) is 7.42. The van der Waals surface area contributed by atoms with E-state index in [1.54, 1.807) is 24.3 Å². The van der Waals surface area contributed by atoms with Crippen molar-refractivity contribution in [3.8, 4) is 5.75 Å². The molecule has 0 spiro atoms. The predicted molar refractivity (Wildman–Crippen MR) is 184 cm³/mol. The third kappa shape index (κ3) is 13.1. The minimum atomic E-state index is -4.87. The first-order chi connectivity index (χ1) is 24.2. The number of nitrogens with one attached hydrogen (secondary N) is 3. The molecule has 0 aliphatic rings. The number of alkyl carbamates (subject to hydrolysis) is 1. The zero-order chi connectivity index (χ0) is 38.8. The molecule has 0 heterocycles. The van der Waals surface area contributed by atoms with Crippen molar-refractivity contribution in [2.24, 2.45) is 11.5 Å². The van der Waals surface area contributed by atoms with Crippen LogP contribution in [0.15, 0.2) is 72.8 Å². The number of phosphoric acid groups is 1. The first-order valence-electron chi connectivity index (χ1n) is 15.2. The van der Waals surface area contributed by atoms with Crippen LogP contribution in [0.4, 0.5) is 10.5 Å². The van der Waals surface area contributed by atoms with Crippen LogP contribution in [0.5, 0.6) is 5.75 Å². The van der Waals surface area contributed by atoms with Crippen molar-refractivity contribution in [1.82, 2.24) is 16.0 Å². The van der Waals surface area contributed by atoms with Gasteiger partial charge in [0.15, 0.2) is 0 Å². The smallest absolute Gasteiger partial charge is 0.445 e. The molecule has 13 N–H and O–H groups in total. The largest absolute Gasteiger partial charge is 0.524 e. The van der Waals surface area contributed by atoms with Crippen molar-refractivity contribution in [3.05, 3.63) is 89.5 Å². The Hall–Kier alpha value is -5.29. The van der Waals surface area contributed by atoms with Crippen molar-refractivity contribution in [3.63, 3.8) is 0 Å². The highest BCUT2D eigenvalue weighted by Gasteiger charge is 2.34. The van der Waals surface area contributed by atoms with Gasteiger partial charge in [0, 0.05) is 18.0 Å². The number of primary amides is 2. The van der Waals surface area contributed by atoms with Crippen molar-refractivity contribution >= 4 is 56.1 Å². The topological polar surface area (TPSA) is 333 Å². The number of benzene rings is 3. The standard InChI is InChI=1S/C31H38N6O13P2/c1-17(20-7-11-23(12-8-20)51(43,44)45)27(30(41)35-24(28(34)39)15-26(33)38)37-29(40)25(14-18-5-9-22(10-6-18)50-52(46,47)48)36-31(42)49-16-19-3-2-4-21(32)13-19/h2-13,17,24-25,27H,14-16,32H2,1H3,(H2,33,38)(H2,34,39)(H,35,41)(H,36,42)(H,37,40)(H2,43,44,45)(H2,46,47,48)/t17?,24-,25-,27-/m0/s1. The number of carbonyl (C=O) groups excluding carboxylic acids is 5. The van der Waals surface area contributed by atoms with Crippen molar-refractivity contribution in [2.75, 3.05) is 5.73 Å². The summed E-state index contributed by atoms with van der Waals surface area (Å²) in [6.07, 6.45) is -1.99. The Bertz CT molecular complexity index is 1870. The van der Waals surface area contributed by atoms with Crippen LogP contribution in [0, 0.1) is 0 Å². The minimum absolute atomic E-state index is 0.192. The number of hydrogen-bond donors (Lipinski definition) is 10. The first-order valence-corrected chi connectivity index (χ1v) is 18.3. The van der Waals surface area contributed by atoms with Gasteiger partial charge in [0.25, 0.3) is 0 Å². The lowest BCUT2D eigenvalue weighted by Crippen LogP contribution is -2.58. The van der Waals surface area contributed by atoms with E-state index in [2.05, 4.69) is 20.5 Å². The van der Waals surface area contributed by atoms with E-state index < -0.39 is 75.6 Å². The van der Waals surface area contributed by atoms with Crippen LogP contribution >= 0.6 is 15.4 Å². The highest BCUT2D eigenvalue weighted by Crippen LogP contribution is 2.37. The monoisotopic (exact) mass is 764 g/mol. The molecule has 0 aromatic heterocycles. The number of anilines is 1. The fraction of sp³-hybridized carbons (Fsp3) is 0.258. The van der Waals surface area contributed by atoms with Crippen LogP contribution in [-0.2, 0) is 46.1 Å². The molecule has 3 rings (SSSR count). The van der Waals surface area contributed by atoms with Gasteiger partial charge in [0.1, 0.15) is 30.5 Å². The summed E-state index contributed by atoms with van der Waals surface area (Å²) in [5.74, 6) is -5.21. The summed E-state index contributed by atoms with van der Waals surface area (Å²) < 4.78 is 32.7. The van der Waals surface area contributed by atoms with Crippen LogP contribution in [0.2, 0.25) is 0 Å². The molecule has 3 aromatic rings. The molecule has 5 amide bonds. The number of nitrogens with two attached hydrogens (primary N) is 3. The van der Waals surface area contributed by atoms with Crippen LogP contribution in [0.25, 0.3) is 0 Å². The molecule has 1 unspecified atom stereocenters. The van der Waals surface area contributed by atoms with Crippen LogP contribution in [0.1, 0.15) is 36.0 Å². The molecule has 0 radical (unpaired) electrons. The quantitative estimate of drug-likeness (QED) is 0.0613. The van der Waals surface area contributed by atoms with E-state index in [-0.39, 0.29) is 24.1 Å². The number of phosphoric ester groups is 1. The number of nitrogen functional groups attached to an aromatic ring is 1. The van der Waals surface area contributed by atoms with Gasteiger partial charge in [0.05, 0.1) is 11.7 Å². The number of hydrogen-bond acceptors (Lipinski definition) is 10. The Balaban J connectivity index is 1.95. The predicted octanol–water partition coefficient (Wildman–Crippen LogP) is -0.485. The van der Waals surface area contributed by atoms with Crippen molar-refractivity contribution in [1.29, 1.82) is 0 Å². The summed E-state index contributed by atoms with van der Waals surface area (Å²) >= 11 is 0. The van der Waals surface area contributed by atoms with E-state index in [0.29, 0.717) is 22.4 Å². The molecule has 0 aliphatic carbocycles. The van der Waals surface area contributed by atoms with Gasteiger partial charge in [-0.15, -0.1) is 0 Å². The molecule has 0 aliphatic heterocycles. The second-order valence-electron chi connectivity index (χ2n) is 11.5. The van der Waals surface area contributed by atoms with Gasteiger partial charge in [-0.1, -0.05) is 43.3 Å². The lowest BCUT2D eigenvalue weighted by molar-refractivity contribution is -0.133. The van der Waals surface area contributed by atoms with Gasteiger partial charge in [0.2, 0.25) is 23.6 Å². The summed E-state index contributed by atoms with van der Waals surface area (Å²) in [4.78, 5) is 101. The molecule has 280 valence electrons. The van der Waals surface area contributed by atoms with Crippen molar-refractivity contribution in [2.45, 2.75) is 50.4 Å². The zero-order valence-corrected chi connectivity index (χ0v) is 29.2. The molecule has 21 heteroatoms. The Morgan fingerprint density at radius 2 is 1.42 bits per heavy atom. The molecule has 52 heavy (non-hydrogen) atoms. The summed E-state index contributed by atoms with van der Waals surface area (Å²) in [6, 6.07) is 11.9. The second kappa shape index (κ2) is 17.8. The maximum absolute atomic E-state index is 13.9. The Labute approximate surface area is 296 Å². The number of ether oxygens (including phenoxy) is 1. The zero-order valence-electron chi connectivity index (χ0n) is 27.4. The SMILES string of the molecule is CC(c1ccc(P(=O)(O)O)cc1)[C@H](NC(=O)[C@H](Cc1ccc(OP(=O)(O)O)cc1)NC(=O)OCc1cccc(N)c1)C(=O)N[C@@H](CC(N)=O)C(N)=O. The fourth-order valence-corrected chi connectivity index (χ4v) is 5.74. The summed E-state index contributed by atoms with van der Waals surface area (Å²) in [5.41, 5.74) is 17.9. The maximum Gasteiger partial charge on any atom is 0.524 e. The number of carbonyl (C=O) groups is 5. The van der Waals surface area contributed by atoms with Gasteiger partial charge in [-0.2, -0.15) is 0 Å². The van der Waals surface area contributed by atoms with Gasteiger partial charge in [-0.3, -0.25) is 33.5 Å². The van der Waals surface area contributed by atoms with E-state index >= 15 is 0 Å². The fourth-order valence-electron chi connectivity index (χ4n) is 4.81. The lowest BCUT2D eigenvalue weighted by atomic mass is 9.91. The Morgan fingerprint density at radius 3 is 1.96 bits per heavy atom. The molecular formula is C31H38N6O13P2. The average molecular weight is 765 g/mol. The third-order valence-corrected chi connectivity index (χ3v) is 8.84. The molecule has 0 bridgehead atoms. The molecule has 4 atom stereocenters. The molecule has 3 aromatic carbocycles. The minimum Gasteiger partial charge on any atom is -0.445 e. The molecular weight excluding hydrogens is 726 g/mol. The van der Waals surface area contributed by atoms with Gasteiger partial charge in [-0.25, -0.2) is 9.36 Å². The van der Waals surface area contributed by atoms with E-state index in [9.17, 15) is 42.9 Å². The molecule has 0 saturated carbocycles. The van der Waals surface area contributed by atoms with Crippen LogP contribution in [0.3, 0.4) is 0 Å². The normalized spacial score (nSPS) is 13.8. The highest BCUT2D eigenvalue weighted by molar-refractivity contribution is 7.60. The first kappa shape index (κ1) is 41.1. The van der Waals surface area contributed by atoms with Gasteiger partial charge in [-0.05, 0) is 53.1 Å². The lowest BCUT2D eigenvalue weighted by Gasteiger charge is -2.28. The van der Waals surface area contributed by atoms with Crippen LogP contribution in [-0.4, -0.2) is 67.4 Å².